The number of hydrogen-bond donors (Lipinski definition) is 0. The summed E-state index contributed by atoms with van der Waals surface area (Å²) in [5, 5.41) is 0. The third-order valence-electron chi connectivity index (χ3n) is 5.31. The first-order valence-electron chi connectivity index (χ1n) is 8.78. The van der Waals surface area contributed by atoms with E-state index in [-0.39, 0.29) is 0 Å². The molecule has 2 aliphatic heterocycles. The van der Waals surface area contributed by atoms with Gasteiger partial charge in [0, 0.05) is 29.7 Å². The fourth-order valence-electron chi connectivity index (χ4n) is 4.01. The maximum atomic E-state index is 5.46. The van der Waals surface area contributed by atoms with Crippen LogP contribution >= 0.6 is 0 Å². The van der Waals surface area contributed by atoms with Crippen LogP contribution in [0.2, 0.25) is 0 Å². The number of rotatable bonds is 3. The number of likely N-dealkylation sites (N-methyl/N-ethyl adjacent to an activating group) is 1. The largest absolute Gasteiger partial charge is 0.497 e. The summed E-state index contributed by atoms with van der Waals surface area (Å²) in [4.78, 5) is 7.59. The first-order chi connectivity index (χ1) is 12.2. The normalized spacial score (nSPS) is 22.6. The molecule has 1 fully saturated rings. The molecule has 130 valence electrons. The molecule has 4 heteroatoms. The van der Waals surface area contributed by atoms with Crippen molar-refractivity contribution >= 4 is 5.71 Å². The van der Waals surface area contributed by atoms with Crippen LogP contribution in [0.3, 0.4) is 0 Å². The molecule has 0 radical (unpaired) electrons. The molecule has 4 rings (SSSR count). The molecule has 2 aromatic rings. The van der Waals surface area contributed by atoms with Gasteiger partial charge in [0.2, 0.25) is 0 Å². The molecule has 2 aliphatic rings. The lowest BCUT2D eigenvalue weighted by Gasteiger charge is -2.39. The zero-order valence-corrected chi connectivity index (χ0v) is 15.0. The Bertz CT molecular complexity index is 793. The highest BCUT2D eigenvalue weighted by molar-refractivity contribution is 6.15. The number of piperidine rings is 1. The van der Waals surface area contributed by atoms with E-state index in [0.717, 1.165) is 42.3 Å². The van der Waals surface area contributed by atoms with Gasteiger partial charge in [-0.05, 0) is 37.7 Å². The van der Waals surface area contributed by atoms with Crippen LogP contribution in [0.5, 0.6) is 11.5 Å². The summed E-state index contributed by atoms with van der Waals surface area (Å²) in [6, 6.07) is 15.0. The van der Waals surface area contributed by atoms with E-state index < -0.39 is 0 Å². The van der Waals surface area contributed by atoms with E-state index in [1.54, 1.807) is 14.2 Å². The quantitative estimate of drug-likeness (QED) is 0.862. The molecule has 0 N–H and O–H groups in total. The van der Waals surface area contributed by atoms with Crippen molar-refractivity contribution in [3.63, 3.8) is 0 Å². The molecule has 1 saturated heterocycles. The summed E-state index contributed by atoms with van der Waals surface area (Å²) in [6.07, 6.45) is 1.10. The highest BCUT2D eigenvalue weighted by atomic mass is 16.5. The van der Waals surface area contributed by atoms with Crippen LogP contribution in [0, 0.1) is 0 Å². The van der Waals surface area contributed by atoms with Crippen LogP contribution in [-0.2, 0) is 0 Å². The van der Waals surface area contributed by atoms with Crippen molar-refractivity contribution in [1.29, 1.82) is 0 Å². The second kappa shape index (κ2) is 6.52. The molecular formula is C21H24N2O2. The van der Waals surface area contributed by atoms with Crippen molar-refractivity contribution in [3.8, 4) is 11.5 Å². The van der Waals surface area contributed by atoms with Crippen molar-refractivity contribution in [2.45, 2.75) is 18.4 Å². The summed E-state index contributed by atoms with van der Waals surface area (Å²) in [6.45, 7) is 2.17. The van der Waals surface area contributed by atoms with Crippen LogP contribution in [0.25, 0.3) is 0 Å². The molecule has 0 amide bonds. The van der Waals surface area contributed by atoms with E-state index in [9.17, 15) is 0 Å². The number of ether oxygens (including phenoxy) is 2. The molecule has 0 saturated carbocycles. The van der Waals surface area contributed by atoms with Gasteiger partial charge in [-0.2, -0.15) is 0 Å². The summed E-state index contributed by atoms with van der Waals surface area (Å²) in [5.41, 5.74) is 4.75. The van der Waals surface area contributed by atoms with E-state index >= 15 is 0 Å². The van der Waals surface area contributed by atoms with Crippen LogP contribution in [0.1, 0.15) is 29.0 Å². The Labute approximate surface area is 149 Å². The highest BCUT2D eigenvalue weighted by Crippen LogP contribution is 2.37. The number of aliphatic imine (C=N–C) groups is 1. The Hall–Kier alpha value is -2.33. The second-order valence-corrected chi connectivity index (χ2v) is 6.89. The number of hydrogen-bond acceptors (Lipinski definition) is 4. The maximum absolute atomic E-state index is 5.46. The SMILES string of the molecule is COc1cc(OC)cc(C2=NC3CCN(C)CC3c3ccccc32)c1. The molecule has 2 unspecified atom stereocenters. The van der Waals surface area contributed by atoms with Gasteiger partial charge in [-0.15, -0.1) is 0 Å². The third-order valence-corrected chi connectivity index (χ3v) is 5.31. The molecule has 25 heavy (non-hydrogen) atoms. The highest BCUT2D eigenvalue weighted by Gasteiger charge is 2.34. The van der Waals surface area contributed by atoms with Crippen molar-refractivity contribution in [2.24, 2.45) is 4.99 Å². The third kappa shape index (κ3) is 2.91. The van der Waals surface area contributed by atoms with Gasteiger partial charge in [-0.3, -0.25) is 4.99 Å². The van der Waals surface area contributed by atoms with Gasteiger partial charge >= 0.3 is 0 Å². The Morgan fingerprint density at radius 3 is 2.48 bits per heavy atom. The minimum Gasteiger partial charge on any atom is -0.497 e. The van der Waals surface area contributed by atoms with E-state index in [0.29, 0.717) is 12.0 Å². The minimum atomic E-state index is 0.346. The van der Waals surface area contributed by atoms with Crippen molar-refractivity contribution < 1.29 is 9.47 Å². The van der Waals surface area contributed by atoms with Crippen LogP contribution < -0.4 is 9.47 Å². The first-order valence-corrected chi connectivity index (χ1v) is 8.78. The number of likely N-dealkylation sites (tertiary alicyclic amines) is 1. The molecule has 2 aromatic carbocycles. The maximum Gasteiger partial charge on any atom is 0.123 e. The zero-order valence-electron chi connectivity index (χ0n) is 15.0. The molecule has 4 nitrogen and oxygen atoms in total. The standard InChI is InChI=1S/C21H24N2O2/c1-23-9-8-20-19(13-23)17-6-4-5-7-18(17)21(22-20)14-10-15(24-2)12-16(11-14)25-3/h4-7,10-12,19-20H,8-9,13H2,1-3H3. The summed E-state index contributed by atoms with van der Waals surface area (Å²) < 4.78 is 10.9. The molecule has 2 atom stereocenters. The Morgan fingerprint density at radius 1 is 1.04 bits per heavy atom. The van der Waals surface area contributed by atoms with Crippen molar-refractivity contribution in [3.05, 3.63) is 59.2 Å². The van der Waals surface area contributed by atoms with Crippen molar-refractivity contribution in [1.82, 2.24) is 4.90 Å². The monoisotopic (exact) mass is 336 g/mol. The van der Waals surface area contributed by atoms with Gasteiger partial charge in [0.05, 0.1) is 26.0 Å². The van der Waals surface area contributed by atoms with Gasteiger partial charge in [0.25, 0.3) is 0 Å². The Morgan fingerprint density at radius 2 is 1.76 bits per heavy atom. The summed E-state index contributed by atoms with van der Waals surface area (Å²) in [5.74, 6) is 2.06. The van der Waals surface area contributed by atoms with Crippen LogP contribution in [0.4, 0.5) is 0 Å². The van der Waals surface area contributed by atoms with Gasteiger partial charge < -0.3 is 14.4 Å². The lowest BCUT2D eigenvalue weighted by atomic mass is 9.79. The molecule has 2 heterocycles. The van der Waals surface area contributed by atoms with Gasteiger partial charge in [-0.1, -0.05) is 24.3 Å². The Kier molecular flexibility index (Phi) is 4.22. The van der Waals surface area contributed by atoms with Gasteiger partial charge in [-0.25, -0.2) is 0 Å². The average Bonchev–Trinajstić information content (AvgIpc) is 2.67. The van der Waals surface area contributed by atoms with E-state index in [1.807, 2.05) is 18.2 Å². The lowest BCUT2D eigenvalue weighted by Crippen LogP contribution is -2.41. The van der Waals surface area contributed by atoms with Gasteiger partial charge in [0.15, 0.2) is 0 Å². The minimum absolute atomic E-state index is 0.346. The zero-order chi connectivity index (χ0) is 17.4. The fraction of sp³-hybridized carbons (Fsp3) is 0.381. The predicted molar refractivity (Wildman–Crippen MR) is 100 cm³/mol. The number of fused-ring (bicyclic) bond motifs is 3. The van der Waals surface area contributed by atoms with E-state index in [4.69, 9.17) is 14.5 Å². The van der Waals surface area contributed by atoms with Crippen molar-refractivity contribution in [2.75, 3.05) is 34.4 Å². The molecular weight excluding hydrogens is 312 g/mol. The first kappa shape index (κ1) is 16.2. The summed E-state index contributed by atoms with van der Waals surface area (Å²) >= 11 is 0. The fourth-order valence-corrected chi connectivity index (χ4v) is 4.01. The topological polar surface area (TPSA) is 34.1 Å². The lowest BCUT2D eigenvalue weighted by molar-refractivity contribution is 0.227. The van der Waals surface area contributed by atoms with Crippen LogP contribution in [-0.4, -0.2) is 51.0 Å². The smallest absolute Gasteiger partial charge is 0.123 e. The van der Waals surface area contributed by atoms with Gasteiger partial charge in [0.1, 0.15) is 11.5 Å². The second-order valence-electron chi connectivity index (χ2n) is 6.89. The van der Waals surface area contributed by atoms with E-state index in [1.165, 1.54) is 11.1 Å². The molecule has 0 bridgehead atoms. The predicted octanol–water partition coefficient (Wildman–Crippen LogP) is 3.34. The van der Waals surface area contributed by atoms with Crippen LogP contribution in [0.15, 0.2) is 47.5 Å². The summed E-state index contributed by atoms with van der Waals surface area (Å²) in [7, 11) is 5.56. The van der Waals surface area contributed by atoms with E-state index in [2.05, 4.69) is 36.2 Å². The number of nitrogens with zero attached hydrogens (tertiary/aromatic N) is 2. The molecule has 0 aliphatic carbocycles. The average molecular weight is 336 g/mol. The number of benzene rings is 2. The Balaban J connectivity index is 1.85. The molecule has 0 aromatic heterocycles. The molecule has 0 spiro atoms. The number of methoxy groups -OCH3 is 2.